The van der Waals surface area contributed by atoms with Crippen LogP contribution in [0.1, 0.15) is 49.4 Å². The second-order valence-corrected chi connectivity index (χ2v) is 9.83. The molecule has 0 spiro atoms. The van der Waals surface area contributed by atoms with Crippen LogP contribution in [0.2, 0.25) is 0 Å². The first-order valence-electron chi connectivity index (χ1n) is 12.2. The van der Waals surface area contributed by atoms with Crippen molar-refractivity contribution in [2.75, 3.05) is 13.1 Å². The highest BCUT2D eigenvalue weighted by atomic mass is 16.1. The Bertz CT molecular complexity index is 1290. The predicted octanol–water partition coefficient (Wildman–Crippen LogP) is 6.55. The van der Waals surface area contributed by atoms with Gasteiger partial charge in [-0.25, -0.2) is 0 Å². The maximum atomic E-state index is 13.6. The van der Waals surface area contributed by atoms with E-state index in [0.29, 0.717) is 25.9 Å². The highest BCUT2D eigenvalue weighted by molar-refractivity contribution is 5.98. The third kappa shape index (κ3) is 4.27. The summed E-state index contributed by atoms with van der Waals surface area (Å²) >= 11 is 0. The fourth-order valence-corrected chi connectivity index (χ4v) is 5.75. The summed E-state index contributed by atoms with van der Waals surface area (Å²) in [5, 5.41) is 10.3. The Morgan fingerprint density at radius 3 is 1.83 bits per heavy atom. The lowest BCUT2D eigenvalue weighted by molar-refractivity contribution is -0.117. The zero-order valence-corrected chi connectivity index (χ0v) is 20.4. The molecule has 1 aliphatic heterocycles. The van der Waals surface area contributed by atoms with E-state index in [9.17, 15) is 10.1 Å². The minimum atomic E-state index is -0.623. The van der Waals surface area contributed by atoms with Crippen molar-refractivity contribution in [2.45, 2.75) is 38.1 Å². The van der Waals surface area contributed by atoms with Crippen LogP contribution in [-0.2, 0) is 10.2 Å². The van der Waals surface area contributed by atoms with Gasteiger partial charge >= 0.3 is 0 Å². The Kier molecular flexibility index (Phi) is 6.24. The number of nitrogens with zero attached hydrogens (tertiary/aromatic N) is 2. The van der Waals surface area contributed by atoms with E-state index in [1.165, 1.54) is 22.3 Å². The molecule has 1 unspecified atom stereocenters. The van der Waals surface area contributed by atoms with Crippen LogP contribution in [0, 0.1) is 11.3 Å². The molecule has 1 aliphatic carbocycles. The number of carbonyl (C=O) groups is 1. The molecule has 0 amide bonds. The van der Waals surface area contributed by atoms with Gasteiger partial charge < -0.3 is 0 Å². The molecule has 35 heavy (non-hydrogen) atoms. The summed E-state index contributed by atoms with van der Waals surface area (Å²) in [5.41, 5.74) is 7.07. The molecule has 5 rings (SSSR count). The molecule has 0 bridgehead atoms. The number of fused-ring (bicyclic) bond motifs is 1. The van der Waals surface area contributed by atoms with Gasteiger partial charge in [-0.2, -0.15) is 5.26 Å². The third-order valence-electron chi connectivity index (χ3n) is 7.63. The van der Waals surface area contributed by atoms with Crippen LogP contribution < -0.4 is 0 Å². The molecule has 1 atom stereocenters. The first-order valence-corrected chi connectivity index (χ1v) is 12.2. The summed E-state index contributed by atoms with van der Waals surface area (Å²) < 4.78 is 0. The number of hydrogen-bond donors (Lipinski definition) is 0. The third-order valence-corrected chi connectivity index (χ3v) is 7.63. The van der Waals surface area contributed by atoms with Gasteiger partial charge in [0, 0.05) is 6.54 Å². The van der Waals surface area contributed by atoms with Crippen molar-refractivity contribution in [3.63, 3.8) is 0 Å². The van der Waals surface area contributed by atoms with Gasteiger partial charge in [-0.05, 0) is 60.1 Å². The first-order chi connectivity index (χ1) is 17.0. The fourth-order valence-electron chi connectivity index (χ4n) is 5.75. The van der Waals surface area contributed by atoms with E-state index < -0.39 is 5.41 Å². The second-order valence-electron chi connectivity index (χ2n) is 9.83. The molecule has 1 saturated carbocycles. The number of hydrogen-bond acceptors (Lipinski definition) is 3. The summed E-state index contributed by atoms with van der Waals surface area (Å²) in [6, 6.07) is 33.5. The van der Waals surface area contributed by atoms with Crippen molar-refractivity contribution in [2.24, 2.45) is 0 Å². The molecule has 174 valence electrons. The number of nitriles is 1. The van der Waals surface area contributed by atoms with Gasteiger partial charge in [-0.1, -0.05) is 96.6 Å². The minimum Gasteiger partial charge on any atom is -0.293 e. The topological polar surface area (TPSA) is 44.1 Å². The van der Waals surface area contributed by atoms with E-state index in [1.807, 2.05) is 49.4 Å². The van der Waals surface area contributed by atoms with Crippen molar-refractivity contribution >= 4 is 5.78 Å². The van der Waals surface area contributed by atoms with Crippen LogP contribution in [0.4, 0.5) is 0 Å². The normalized spacial score (nSPS) is 25.1. The van der Waals surface area contributed by atoms with E-state index in [-0.39, 0.29) is 11.8 Å². The molecule has 3 nitrogen and oxygen atoms in total. The summed E-state index contributed by atoms with van der Waals surface area (Å²) in [6.07, 6.45) is 1.24. The number of benzene rings is 3. The average Bonchev–Trinajstić information content (AvgIpc) is 3.31. The molecular weight excluding hydrogens is 428 g/mol. The van der Waals surface area contributed by atoms with Crippen molar-refractivity contribution in [1.82, 2.24) is 4.90 Å². The molecule has 3 aromatic rings. The Morgan fingerprint density at radius 2 is 1.29 bits per heavy atom. The molecule has 0 aromatic heterocycles. The number of ketones is 1. The Morgan fingerprint density at radius 1 is 0.771 bits per heavy atom. The molecular formula is C32H30N2O. The van der Waals surface area contributed by atoms with Crippen molar-refractivity contribution in [3.05, 3.63) is 130 Å². The largest absolute Gasteiger partial charge is 0.293 e. The number of rotatable bonds is 4. The van der Waals surface area contributed by atoms with Gasteiger partial charge in [0.15, 0.2) is 5.78 Å². The Labute approximate surface area is 208 Å². The molecule has 1 heterocycles. The van der Waals surface area contributed by atoms with Gasteiger partial charge in [0.25, 0.3) is 0 Å². The summed E-state index contributed by atoms with van der Waals surface area (Å²) in [7, 11) is 0. The Hall–Kier alpha value is -3.74. The molecule has 0 N–H and O–H groups in total. The van der Waals surface area contributed by atoms with E-state index in [4.69, 9.17) is 0 Å². The van der Waals surface area contributed by atoms with Crippen molar-refractivity contribution in [1.29, 1.82) is 5.26 Å². The zero-order valence-electron chi connectivity index (χ0n) is 20.4. The van der Waals surface area contributed by atoms with Gasteiger partial charge in [0.2, 0.25) is 0 Å². The van der Waals surface area contributed by atoms with Crippen LogP contribution in [0.25, 0.3) is 0 Å². The van der Waals surface area contributed by atoms with E-state index in [1.54, 1.807) is 0 Å². The molecule has 3 heteroatoms. The van der Waals surface area contributed by atoms with Gasteiger partial charge in [-0.15, -0.1) is 0 Å². The SMILES string of the molecule is C/C1=C2\CC(C#N)(c3ccccc3)C\C2=C(/C)C(=O)CN(C(c2ccccc2)c2ccccc2)C1. The van der Waals surface area contributed by atoms with Crippen LogP contribution in [-0.4, -0.2) is 23.8 Å². The number of carbonyl (C=O) groups excluding carboxylic acids is 1. The smallest absolute Gasteiger partial charge is 0.172 e. The first kappa shape index (κ1) is 23.0. The maximum absolute atomic E-state index is 13.6. The monoisotopic (exact) mass is 458 g/mol. The van der Waals surface area contributed by atoms with E-state index in [0.717, 1.165) is 16.7 Å². The van der Waals surface area contributed by atoms with Crippen LogP contribution >= 0.6 is 0 Å². The lowest BCUT2D eigenvalue weighted by atomic mass is 9.79. The van der Waals surface area contributed by atoms with Crippen molar-refractivity contribution < 1.29 is 4.79 Å². The van der Waals surface area contributed by atoms with Crippen LogP contribution in [0.3, 0.4) is 0 Å². The standard InChI is InChI=1S/C32H30N2O/c1-23-20-34(31(25-12-6-3-7-13-25)26-14-8-4-9-15-26)21-30(35)24(2)29-19-32(22-33,18-28(23)29)27-16-10-5-11-17-27/h3-17,31H,18-21H2,1-2H3/b28-23-,29-24-. The van der Waals surface area contributed by atoms with Gasteiger partial charge in [-0.3, -0.25) is 9.69 Å². The summed E-state index contributed by atoms with van der Waals surface area (Å²) in [4.78, 5) is 15.9. The maximum Gasteiger partial charge on any atom is 0.172 e. The molecule has 1 fully saturated rings. The van der Waals surface area contributed by atoms with E-state index >= 15 is 0 Å². The Balaban J connectivity index is 1.60. The average molecular weight is 459 g/mol. The highest BCUT2D eigenvalue weighted by Gasteiger charge is 2.44. The zero-order chi connectivity index (χ0) is 24.4. The lowest BCUT2D eigenvalue weighted by Crippen LogP contribution is -2.37. The minimum absolute atomic E-state index is 0.0255. The predicted molar refractivity (Wildman–Crippen MR) is 140 cm³/mol. The molecule has 0 saturated heterocycles. The quantitative estimate of drug-likeness (QED) is 0.445. The van der Waals surface area contributed by atoms with E-state index in [2.05, 4.69) is 66.4 Å². The van der Waals surface area contributed by atoms with Crippen LogP contribution in [0.15, 0.2) is 113 Å². The second kappa shape index (κ2) is 9.49. The molecule has 3 aromatic carbocycles. The van der Waals surface area contributed by atoms with Gasteiger partial charge in [0.05, 0.1) is 24.1 Å². The number of Topliss-reactive ketones (excluding diaryl/α,β-unsaturated/α-hetero) is 1. The lowest BCUT2D eigenvalue weighted by Gasteiger charge is -2.34. The molecule has 0 radical (unpaired) electrons. The number of allylic oxidation sites excluding steroid dienone is 2. The summed E-state index contributed by atoms with van der Waals surface area (Å²) in [6.45, 7) is 5.16. The molecule has 2 aliphatic rings. The fraction of sp³-hybridized carbons (Fsp3) is 0.250. The summed E-state index contributed by atoms with van der Waals surface area (Å²) in [5.74, 6) is 0.142. The van der Waals surface area contributed by atoms with Gasteiger partial charge in [0.1, 0.15) is 0 Å². The van der Waals surface area contributed by atoms with Crippen molar-refractivity contribution in [3.8, 4) is 6.07 Å². The van der Waals surface area contributed by atoms with Crippen LogP contribution in [0.5, 0.6) is 0 Å². The highest BCUT2D eigenvalue weighted by Crippen LogP contribution is 2.49.